The van der Waals surface area contributed by atoms with Crippen LogP contribution in [0.25, 0.3) is 0 Å². The standard InChI is InChI=1S/C20H23FN6O/c1-14-10-15(4-9-18(14)28-17-7-5-16(21)6-8-17)11-23-20(22-2)24-12-19-25-13-26-27(19)3/h4-10,13H,11-12H2,1-3H3,(H2,22,23,24). The molecule has 2 aromatic carbocycles. The fraction of sp³-hybridized carbons (Fsp3) is 0.250. The maximum Gasteiger partial charge on any atom is 0.191 e. The van der Waals surface area contributed by atoms with E-state index in [1.165, 1.54) is 18.5 Å². The number of guanidine groups is 1. The second-order valence-corrected chi connectivity index (χ2v) is 6.24. The summed E-state index contributed by atoms with van der Waals surface area (Å²) in [5.41, 5.74) is 2.08. The number of aromatic nitrogens is 3. The van der Waals surface area contributed by atoms with E-state index < -0.39 is 0 Å². The molecule has 7 nitrogen and oxygen atoms in total. The summed E-state index contributed by atoms with van der Waals surface area (Å²) in [6.07, 6.45) is 1.52. The van der Waals surface area contributed by atoms with Crippen LogP contribution in [0.2, 0.25) is 0 Å². The van der Waals surface area contributed by atoms with E-state index in [0.717, 1.165) is 22.7 Å². The zero-order chi connectivity index (χ0) is 19.9. The molecule has 0 atom stereocenters. The van der Waals surface area contributed by atoms with Crippen LogP contribution in [0, 0.1) is 12.7 Å². The predicted molar refractivity (Wildman–Crippen MR) is 106 cm³/mol. The number of rotatable bonds is 6. The van der Waals surface area contributed by atoms with Gasteiger partial charge in [0.05, 0.1) is 6.54 Å². The van der Waals surface area contributed by atoms with Crippen LogP contribution in [0.4, 0.5) is 4.39 Å². The minimum Gasteiger partial charge on any atom is -0.457 e. The Morgan fingerprint density at radius 1 is 1.14 bits per heavy atom. The second-order valence-electron chi connectivity index (χ2n) is 6.24. The number of aliphatic imine (C=N–C) groups is 1. The van der Waals surface area contributed by atoms with E-state index in [1.807, 2.05) is 32.2 Å². The summed E-state index contributed by atoms with van der Waals surface area (Å²) in [4.78, 5) is 8.39. The Labute approximate surface area is 163 Å². The first-order chi connectivity index (χ1) is 13.5. The van der Waals surface area contributed by atoms with Crippen LogP contribution in [-0.4, -0.2) is 27.8 Å². The first-order valence-electron chi connectivity index (χ1n) is 8.85. The topological polar surface area (TPSA) is 76.4 Å². The van der Waals surface area contributed by atoms with Gasteiger partial charge in [-0.15, -0.1) is 0 Å². The fourth-order valence-electron chi connectivity index (χ4n) is 2.61. The van der Waals surface area contributed by atoms with E-state index in [4.69, 9.17) is 4.74 Å². The van der Waals surface area contributed by atoms with Crippen molar-refractivity contribution in [3.05, 3.63) is 71.6 Å². The van der Waals surface area contributed by atoms with Crippen LogP contribution in [0.1, 0.15) is 17.0 Å². The lowest BCUT2D eigenvalue weighted by Crippen LogP contribution is -2.36. The highest BCUT2D eigenvalue weighted by Crippen LogP contribution is 2.25. The molecular formula is C20H23FN6O. The molecule has 0 bridgehead atoms. The molecule has 1 aromatic heterocycles. The third-order valence-corrected chi connectivity index (χ3v) is 4.18. The van der Waals surface area contributed by atoms with Gasteiger partial charge in [0.25, 0.3) is 0 Å². The summed E-state index contributed by atoms with van der Waals surface area (Å²) < 4.78 is 20.5. The van der Waals surface area contributed by atoms with Crippen molar-refractivity contribution in [3.63, 3.8) is 0 Å². The molecule has 0 amide bonds. The van der Waals surface area contributed by atoms with Crippen molar-refractivity contribution < 1.29 is 9.13 Å². The average molecular weight is 382 g/mol. The lowest BCUT2D eigenvalue weighted by Gasteiger charge is -2.13. The number of halogens is 1. The van der Waals surface area contributed by atoms with Crippen molar-refractivity contribution in [2.75, 3.05) is 7.05 Å². The molecule has 1 heterocycles. The Morgan fingerprint density at radius 2 is 1.89 bits per heavy atom. The normalized spacial score (nSPS) is 11.4. The molecule has 0 fully saturated rings. The molecule has 3 rings (SSSR count). The van der Waals surface area contributed by atoms with Crippen molar-refractivity contribution in [2.45, 2.75) is 20.0 Å². The van der Waals surface area contributed by atoms with Gasteiger partial charge >= 0.3 is 0 Å². The molecular weight excluding hydrogens is 359 g/mol. The second kappa shape index (κ2) is 8.98. The van der Waals surface area contributed by atoms with E-state index in [0.29, 0.717) is 24.8 Å². The highest BCUT2D eigenvalue weighted by atomic mass is 19.1. The Kier molecular flexibility index (Phi) is 6.21. The van der Waals surface area contributed by atoms with Crippen molar-refractivity contribution in [1.82, 2.24) is 25.4 Å². The third kappa shape index (κ3) is 5.06. The number of ether oxygens (including phenoxy) is 1. The van der Waals surface area contributed by atoms with Crippen LogP contribution in [0.15, 0.2) is 53.8 Å². The number of hydrogen-bond acceptors (Lipinski definition) is 4. The first kappa shape index (κ1) is 19.3. The predicted octanol–water partition coefficient (Wildman–Crippen LogP) is 2.92. The highest BCUT2D eigenvalue weighted by Gasteiger charge is 2.06. The van der Waals surface area contributed by atoms with Crippen LogP contribution in [0.3, 0.4) is 0 Å². The molecule has 0 aliphatic heterocycles. The molecule has 3 aromatic rings. The third-order valence-electron chi connectivity index (χ3n) is 4.18. The van der Waals surface area contributed by atoms with Gasteiger partial charge in [-0.05, 0) is 48.4 Å². The Balaban J connectivity index is 1.56. The number of aryl methyl sites for hydroxylation is 2. The fourth-order valence-corrected chi connectivity index (χ4v) is 2.61. The number of nitrogens with one attached hydrogen (secondary N) is 2. The molecule has 0 spiro atoms. The summed E-state index contributed by atoms with van der Waals surface area (Å²) in [5.74, 6) is 2.55. The van der Waals surface area contributed by atoms with E-state index in [9.17, 15) is 4.39 Å². The van der Waals surface area contributed by atoms with Crippen LogP contribution in [-0.2, 0) is 20.1 Å². The van der Waals surface area contributed by atoms with Gasteiger partial charge in [0.15, 0.2) is 5.96 Å². The summed E-state index contributed by atoms with van der Waals surface area (Å²) in [6.45, 7) is 3.11. The summed E-state index contributed by atoms with van der Waals surface area (Å²) in [6, 6.07) is 11.9. The SMILES string of the molecule is CN=C(NCc1ccc(Oc2ccc(F)cc2)c(C)c1)NCc1ncnn1C. The number of nitrogens with zero attached hydrogens (tertiary/aromatic N) is 4. The molecule has 0 aliphatic carbocycles. The first-order valence-corrected chi connectivity index (χ1v) is 8.85. The Hall–Kier alpha value is -3.42. The zero-order valence-electron chi connectivity index (χ0n) is 16.1. The quantitative estimate of drug-likeness (QED) is 0.506. The highest BCUT2D eigenvalue weighted by molar-refractivity contribution is 5.79. The van der Waals surface area contributed by atoms with E-state index in [-0.39, 0.29) is 5.82 Å². The van der Waals surface area contributed by atoms with Gasteiger partial charge in [-0.3, -0.25) is 9.67 Å². The molecule has 2 N–H and O–H groups in total. The Morgan fingerprint density at radius 3 is 2.54 bits per heavy atom. The zero-order valence-corrected chi connectivity index (χ0v) is 16.1. The molecule has 0 radical (unpaired) electrons. The van der Waals surface area contributed by atoms with Crippen molar-refractivity contribution in [1.29, 1.82) is 0 Å². The monoisotopic (exact) mass is 382 g/mol. The summed E-state index contributed by atoms with van der Waals surface area (Å²) in [5, 5.41) is 10.5. The van der Waals surface area contributed by atoms with Gasteiger partial charge in [0, 0.05) is 20.6 Å². The van der Waals surface area contributed by atoms with Crippen LogP contribution < -0.4 is 15.4 Å². The van der Waals surface area contributed by atoms with Gasteiger partial charge in [-0.25, -0.2) is 9.37 Å². The molecule has 146 valence electrons. The lowest BCUT2D eigenvalue weighted by atomic mass is 10.1. The van der Waals surface area contributed by atoms with Crippen LogP contribution in [0.5, 0.6) is 11.5 Å². The number of hydrogen-bond donors (Lipinski definition) is 2. The molecule has 0 aliphatic rings. The largest absolute Gasteiger partial charge is 0.457 e. The minimum absolute atomic E-state index is 0.285. The lowest BCUT2D eigenvalue weighted by molar-refractivity contribution is 0.476. The minimum atomic E-state index is -0.285. The van der Waals surface area contributed by atoms with E-state index >= 15 is 0 Å². The van der Waals surface area contributed by atoms with Gasteiger partial charge in [0.1, 0.15) is 29.5 Å². The van der Waals surface area contributed by atoms with Gasteiger partial charge in [-0.2, -0.15) is 5.10 Å². The van der Waals surface area contributed by atoms with E-state index in [1.54, 1.807) is 23.9 Å². The summed E-state index contributed by atoms with van der Waals surface area (Å²) in [7, 11) is 3.56. The number of benzene rings is 2. The summed E-state index contributed by atoms with van der Waals surface area (Å²) >= 11 is 0. The molecule has 8 heteroatoms. The van der Waals surface area contributed by atoms with Gasteiger partial charge in [-0.1, -0.05) is 12.1 Å². The Bertz CT molecular complexity index is 952. The maximum absolute atomic E-state index is 13.0. The van der Waals surface area contributed by atoms with Gasteiger partial charge in [0.2, 0.25) is 0 Å². The van der Waals surface area contributed by atoms with Crippen molar-refractivity contribution in [3.8, 4) is 11.5 Å². The van der Waals surface area contributed by atoms with E-state index in [2.05, 4.69) is 25.7 Å². The van der Waals surface area contributed by atoms with Crippen molar-refractivity contribution >= 4 is 5.96 Å². The van der Waals surface area contributed by atoms with Crippen LogP contribution >= 0.6 is 0 Å². The van der Waals surface area contributed by atoms with Crippen molar-refractivity contribution in [2.24, 2.45) is 12.0 Å². The average Bonchev–Trinajstić information content (AvgIpc) is 3.10. The maximum atomic E-state index is 13.0. The molecule has 0 saturated heterocycles. The molecule has 0 saturated carbocycles. The van der Waals surface area contributed by atoms with Gasteiger partial charge < -0.3 is 15.4 Å². The molecule has 0 unspecified atom stereocenters. The molecule has 28 heavy (non-hydrogen) atoms. The smallest absolute Gasteiger partial charge is 0.191 e.